The highest BCUT2D eigenvalue weighted by atomic mass is 19.3. The molecule has 0 bridgehead atoms. The lowest BCUT2D eigenvalue weighted by Crippen LogP contribution is -2.45. The van der Waals surface area contributed by atoms with E-state index < -0.39 is 6.43 Å². The maximum absolute atomic E-state index is 13.1. The monoisotopic (exact) mass is 314 g/mol. The van der Waals surface area contributed by atoms with Crippen molar-refractivity contribution >= 4 is 0 Å². The van der Waals surface area contributed by atoms with Gasteiger partial charge in [-0.15, -0.1) is 0 Å². The number of piperazine rings is 1. The van der Waals surface area contributed by atoms with Crippen molar-refractivity contribution in [2.45, 2.75) is 18.9 Å². The number of ether oxygens (including phenoxy) is 3. The molecule has 0 saturated carbocycles. The molecule has 0 spiro atoms. The van der Waals surface area contributed by atoms with E-state index in [1.165, 1.54) is 7.11 Å². The number of methoxy groups -OCH3 is 1. The van der Waals surface area contributed by atoms with E-state index in [0.717, 1.165) is 31.7 Å². The quantitative estimate of drug-likeness (QED) is 0.901. The number of alkyl halides is 2. The molecule has 2 heterocycles. The van der Waals surface area contributed by atoms with Gasteiger partial charge < -0.3 is 19.5 Å². The van der Waals surface area contributed by atoms with Gasteiger partial charge in [0.2, 0.25) is 19.0 Å². The number of benzene rings is 1. The highest BCUT2D eigenvalue weighted by molar-refractivity contribution is 5.55. The van der Waals surface area contributed by atoms with Crippen molar-refractivity contribution in [1.82, 2.24) is 10.2 Å². The van der Waals surface area contributed by atoms with Crippen LogP contribution < -0.4 is 19.5 Å². The smallest absolute Gasteiger partial charge is 0.240 e. The van der Waals surface area contributed by atoms with Crippen LogP contribution in [0.4, 0.5) is 8.78 Å². The third kappa shape index (κ3) is 3.10. The molecule has 0 amide bonds. The van der Waals surface area contributed by atoms with E-state index in [0.29, 0.717) is 17.2 Å². The highest BCUT2D eigenvalue weighted by Crippen LogP contribution is 2.44. The van der Waals surface area contributed by atoms with Crippen LogP contribution in [0.25, 0.3) is 0 Å². The Bertz CT molecular complexity index is 522. The number of fused-ring (bicyclic) bond motifs is 1. The van der Waals surface area contributed by atoms with Crippen molar-refractivity contribution in [1.29, 1.82) is 0 Å². The SMILES string of the molecule is COc1cc([C@@H](CC(F)F)N2CCNCC2)cc2c1OCO2. The molecule has 1 atom stereocenters. The second kappa shape index (κ2) is 6.66. The molecular formula is C15H20F2N2O3. The largest absolute Gasteiger partial charge is 0.493 e. The van der Waals surface area contributed by atoms with Crippen LogP contribution in [0.3, 0.4) is 0 Å². The summed E-state index contributed by atoms with van der Waals surface area (Å²) < 4.78 is 42.2. The van der Waals surface area contributed by atoms with Crippen molar-refractivity contribution in [2.75, 3.05) is 40.1 Å². The Kier molecular flexibility index (Phi) is 4.63. The van der Waals surface area contributed by atoms with Crippen molar-refractivity contribution in [3.05, 3.63) is 17.7 Å². The van der Waals surface area contributed by atoms with Crippen LogP contribution in [0.5, 0.6) is 17.2 Å². The fourth-order valence-corrected chi connectivity index (χ4v) is 3.00. The van der Waals surface area contributed by atoms with Gasteiger partial charge in [0.15, 0.2) is 11.5 Å². The summed E-state index contributed by atoms with van der Waals surface area (Å²) in [5.74, 6) is 1.63. The van der Waals surface area contributed by atoms with Gasteiger partial charge in [-0.05, 0) is 17.7 Å². The van der Waals surface area contributed by atoms with Gasteiger partial charge in [0, 0.05) is 38.6 Å². The Morgan fingerprint density at radius 3 is 2.73 bits per heavy atom. The molecule has 1 aromatic carbocycles. The molecule has 1 saturated heterocycles. The average Bonchev–Trinajstić information content (AvgIpc) is 3.00. The lowest BCUT2D eigenvalue weighted by atomic mass is 10.00. The van der Waals surface area contributed by atoms with Crippen LogP contribution >= 0.6 is 0 Å². The molecule has 1 fully saturated rings. The summed E-state index contributed by atoms with van der Waals surface area (Å²) in [6, 6.07) is 3.22. The first-order valence-electron chi connectivity index (χ1n) is 7.39. The first kappa shape index (κ1) is 15.3. The summed E-state index contributed by atoms with van der Waals surface area (Å²) >= 11 is 0. The number of rotatable bonds is 5. The van der Waals surface area contributed by atoms with Crippen molar-refractivity contribution in [3.63, 3.8) is 0 Å². The fraction of sp³-hybridized carbons (Fsp3) is 0.600. The zero-order chi connectivity index (χ0) is 15.5. The lowest BCUT2D eigenvalue weighted by Gasteiger charge is -2.35. The van der Waals surface area contributed by atoms with Crippen molar-refractivity contribution < 1.29 is 23.0 Å². The highest BCUT2D eigenvalue weighted by Gasteiger charge is 2.29. The molecule has 22 heavy (non-hydrogen) atoms. The van der Waals surface area contributed by atoms with Gasteiger partial charge in [-0.3, -0.25) is 4.90 Å². The molecule has 7 heteroatoms. The minimum atomic E-state index is -2.36. The molecule has 1 aromatic rings. The van der Waals surface area contributed by atoms with E-state index in [1.54, 1.807) is 12.1 Å². The first-order valence-corrected chi connectivity index (χ1v) is 7.39. The van der Waals surface area contributed by atoms with Gasteiger partial charge in [0.25, 0.3) is 0 Å². The van der Waals surface area contributed by atoms with E-state index >= 15 is 0 Å². The molecule has 122 valence electrons. The second-order valence-corrected chi connectivity index (χ2v) is 5.39. The summed E-state index contributed by atoms with van der Waals surface area (Å²) in [6.45, 7) is 3.23. The molecular weight excluding hydrogens is 294 g/mol. The number of hydrogen-bond donors (Lipinski definition) is 1. The Labute approximate surface area is 128 Å². The van der Waals surface area contributed by atoms with Gasteiger partial charge in [-0.25, -0.2) is 8.78 Å². The maximum Gasteiger partial charge on any atom is 0.240 e. The normalized spacial score (nSPS) is 19.5. The van der Waals surface area contributed by atoms with E-state index in [4.69, 9.17) is 14.2 Å². The molecule has 5 nitrogen and oxygen atoms in total. The zero-order valence-corrected chi connectivity index (χ0v) is 12.5. The zero-order valence-electron chi connectivity index (χ0n) is 12.5. The van der Waals surface area contributed by atoms with Gasteiger partial charge in [0.05, 0.1) is 7.11 Å². The molecule has 0 aliphatic carbocycles. The van der Waals surface area contributed by atoms with Crippen molar-refractivity contribution in [3.8, 4) is 17.2 Å². The Hall–Kier alpha value is -1.60. The number of nitrogens with zero attached hydrogens (tertiary/aromatic N) is 1. The fourth-order valence-electron chi connectivity index (χ4n) is 3.00. The Morgan fingerprint density at radius 1 is 1.27 bits per heavy atom. The van der Waals surface area contributed by atoms with Crippen LogP contribution in [0, 0.1) is 0 Å². The molecule has 2 aliphatic heterocycles. The number of nitrogens with one attached hydrogen (secondary N) is 1. The maximum atomic E-state index is 13.1. The average molecular weight is 314 g/mol. The predicted molar refractivity (Wildman–Crippen MR) is 76.9 cm³/mol. The third-order valence-electron chi connectivity index (χ3n) is 4.06. The van der Waals surface area contributed by atoms with E-state index in [2.05, 4.69) is 10.2 Å². The molecule has 3 rings (SSSR count). The summed E-state index contributed by atoms with van der Waals surface area (Å²) in [7, 11) is 1.54. The minimum Gasteiger partial charge on any atom is -0.493 e. The van der Waals surface area contributed by atoms with Crippen LogP contribution in [0.2, 0.25) is 0 Å². The van der Waals surface area contributed by atoms with Crippen LogP contribution in [-0.2, 0) is 0 Å². The van der Waals surface area contributed by atoms with E-state index in [-0.39, 0.29) is 19.3 Å². The van der Waals surface area contributed by atoms with Crippen molar-refractivity contribution in [2.24, 2.45) is 0 Å². The second-order valence-electron chi connectivity index (χ2n) is 5.39. The van der Waals surface area contributed by atoms with E-state index in [9.17, 15) is 8.78 Å². The predicted octanol–water partition coefficient (Wildman–Crippen LogP) is 2.03. The minimum absolute atomic E-state index is 0.127. The summed E-state index contributed by atoms with van der Waals surface area (Å²) in [4.78, 5) is 2.08. The van der Waals surface area contributed by atoms with E-state index in [1.807, 2.05) is 0 Å². The van der Waals surface area contributed by atoms with Gasteiger partial charge in [0.1, 0.15) is 0 Å². The van der Waals surface area contributed by atoms with Crippen LogP contribution in [0.15, 0.2) is 12.1 Å². The Balaban J connectivity index is 1.92. The summed E-state index contributed by atoms with van der Waals surface area (Å²) in [6.07, 6.45) is -2.57. The molecule has 0 radical (unpaired) electrons. The molecule has 1 N–H and O–H groups in total. The molecule has 0 aromatic heterocycles. The van der Waals surface area contributed by atoms with Crippen LogP contribution in [0.1, 0.15) is 18.0 Å². The van der Waals surface area contributed by atoms with Gasteiger partial charge in [-0.2, -0.15) is 0 Å². The standard InChI is InChI=1S/C15H20F2N2O3/c1-20-12-6-10(7-13-15(12)22-9-21-13)11(8-14(16)17)19-4-2-18-3-5-19/h6-7,11,14,18H,2-5,8-9H2,1H3/t11-/m1/s1. The Morgan fingerprint density at radius 2 is 2.05 bits per heavy atom. The van der Waals surface area contributed by atoms with Crippen LogP contribution in [-0.4, -0.2) is 51.4 Å². The molecule has 0 unspecified atom stereocenters. The lowest BCUT2D eigenvalue weighted by molar-refractivity contribution is 0.0737. The molecule has 2 aliphatic rings. The van der Waals surface area contributed by atoms with Gasteiger partial charge in [-0.1, -0.05) is 0 Å². The third-order valence-corrected chi connectivity index (χ3v) is 4.06. The topological polar surface area (TPSA) is 43.0 Å². The first-order chi connectivity index (χ1) is 10.7. The summed E-state index contributed by atoms with van der Waals surface area (Å²) in [5.41, 5.74) is 0.781. The number of halogens is 2. The number of hydrogen-bond acceptors (Lipinski definition) is 5. The summed E-state index contributed by atoms with van der Waals surface area (Å²) in [5, 5.41) is 3.24. The van der Waals surface area contributed by atoms with Gasteiger partial charge >= 0.3 is 0 Å².